The van der Waals surface area contributed by atoms with Gasteiger partial charge in [-0.25, -0.2) is 4.72 Å². The SMILES string of the molecule is CCCN(CC)CCNS(=O)(=O)N1CCCC(CNC)C1. The van der Waals surface area contributed by atoms with Gasteiger partial charge in [-0.15, -0.1) is 0 Å². The number of rotatable bonds is 10. The lowest BCUT2D eigenvalue weighted by Gasteiger charge is -2.32. The van der Waals surface area contributed by atoms with Gasteiger partial charge in [0.25, 0.3) is 10.2 Å². The van der Waals surface area contributed by atoms with E-state index in [9.17, 15) is 8.42 Å². The second-order valence-electron chi connectivity index (χ2n) is 5.76. The van der Waals surface area contributed by atoms with Gasteiger partial charge in [0.2, 0.25) is 0 Å². The van der Waals surface area contributed by atoms with E-state index >= 15 is 0 Å². The van der Waals surface area contributed by atoms with E-state index in [4.69, 9.17) is 0 Å². The average Bonchev–Trinajstić information content (AvgIpc) is 2.47. The van der Waals surface area contributed by atoms with Gasteiger partial charge in [0.15, 0.2) is 0 Å². The van der Waals surface area contributed by atoms with Crippen LogP contribution in [-0.2, 0) is 10.2 Å². The normalized spacial score (nSPS) is 21.0. The van der Waals surface area contributed by atoms with E-state index in [1.165, 1.54) is 0 Å². The lowest BCUT2D eigenvalue weighted by molar-refractivity contribution is 0.258. The first-order valence-electron chi connectivity index (χ1n) is 8.15. The number of nitrogens with one attached hydrogen (secondary N) is 2. The van der Waals surface area contributed by atoms with E-state index in [0.717, 1.165) is 45.4 Å². The Morgan fingerprint density at radius 3 is 2.67 bits per heavy atom. The molecular formula is C14H32N4O2S. The molecule has 1 aliphatic rings. The smallest absolute Gasteiger partial charge is 0.279 e. The third-order valence-electron chi connectivity index (χ3n) is 4.01. The summed E-state index contributed by atoms with van der Waals surface area (Å²) in [6.45, 7) is 9.65. The molecule has 0 aromatic heterocycles. The highest BCUT2D eigenvalue weighted by Crippen LogP contribution is 2.17. The van der Waals surface area contributed by atoms with Crippen molar-refractivity contribution in [2.75, 3.05) is 52.9 Å². The number of likely N-dealkylation sites (N-methyl/N-ethyl adjacent to an activating group) is 1. The predicted molar refractivity (Wildman–Crippen MR) is 87.6 cm³/mol. The molecule has 0 amide bonds. The van der Waals surface area contributed by atoms with Gasteiger partial charge in [-0.2, -0.15) is 12.7 Å². The second kappa shape index (κ2) is 9.74. The third-order valence-corrected chi connectivity index (χ3v) is 5.59. The summed E-state index contributed by atoms with van der Waals surface area (Å²) in [6, 6.07) is 0. The first-order valence-corrected chi connectivity index (χ1v) is 9.59. The molecule has 6 nitrogen and oxygen atoms in total. The minimum atomic E-state index is -3.32. The van der Waals surface area contributed by atoms with E-state index in [2.05, 4.69) is 28.8 Å². The van der Waals surface area contributed by atoms with Gasteiger partial charge in [0.1, 0.15) is 0 Å². The van der Waals surface area contributed by atoms with Crippen molar-refractivity contribution < 1.29 is 8.42 Å². The Kier molecular flexibility index (Phi) is 8.73. The fraction of sp³-hybridized carbons (Fsp3) is 1.00. The zero-order chi connectivity index (χ0) is 15.7. The van der Waals surface area contributed by atoms with Gasteiger partial charge in [-0.05, 0) is 51.9 Å². The topological polar surface area (TPSA) is 64.7 Å². The van der Waals surface area contributed by atoms with Crippen LogP contribution in [0.2, 0.25) is 0 Å². The monoisotopic (exact) mass is 320 g/mol. The lowest BCUT2D eigenvalue weighted by Crippen LogP contribution is -2.48. The van der Waals surface area contributed by atoms with Crippen LogP contribution in [0.15, 0.2) is 0 Å². The quantitative estimate of drug-likeness (QED) is 0.615. The molecule has 1 saturated heterocycles. The van der Waals surface area contributed by atoms with Gasteiger partial charge in [0.05, 0.1) is 0 Å². The molecule has 1 unspecified atom stereocenters. The summed E-state index contributed by atoms with van der Waals surface area (Å²) in [5, 5.41) is 3.14. The molecule has 0 bridgehead atoms. The molecule has 7 heteroatoms. The summed E-state index contributed by atoms with van der Waals surface area (Å²) in [5.41, 5.74) is 0. The summed E-state index contributed by atoms with van der Waals surface area (Å²) in [7, 11) is -1.41. The van der Waals surface area contributed by atoms with Crippen LogP contribution >= 0.6 is 0 Å². The molecule has 1 heterocycles. The molecule has 1 atom stereocenters. The molecule has 0 spiro atoms. The molecule has 0 saturated carbocycles. The van der Waals surface area contributed by atoms with Crippen molar-refractivity contribution in [2.45, 2.75) is 33.1 Å². The summed E-state index contributed by atoms with van der Waals surface area (Å²) in [6.07, 6.45) is 3.15. The predicted octanol–water partition coefficient (Wildman–Crippen LogP) is 0.484. The van der Waals surface area contributed by atoms with Crippen LogP contribution < -0.4 is 10.0 Å². The molecule has 1 rings (SSSR count). The van der Waals surface area contributed by atoms with Crippen LogP contribution in [0.5, 0.6) is 0 Å². The minimum absolute atomic E-state index is 0.424. The van der Waals surface area contributed by atoms with E-state index in [-0.39, 0.29) is 0 Å². The van der Waals surface area contributed by atoms with Gasteiger partial charge in [0, 0.05) is 26.2 Å². The number of hydrogen-bond acceptors (Lipinski definition) is 4. The molecule has 21 heavy (non-hydrogen) atoms. The van der Waals surface area contributed by atoms with E-state index in [0.29, 0.717) is 25.6 Å². The van der Waals surface area contributed by atoms with E-state index in [1.54, 1.807) is 4.31 Å². The molecule has 0 aromatic rings. The number of nitrogens with zero attached hydrogens (tertiary/aromatic N) is 2. The van der Waals surface area contributed by atoms with Crippen molar-refractivity contribution in [2.24, 2.45) is 5.92 Å². The molecule has 1 aliphatic heterocycles. The molecule has 0 aromatic carbocycles. The highest BCUT2D eigenvalue weighted by Gasteiger charge is 2.28. The summed E-state index contributed by atoms with van der Waals surface area (Å²) in [5.74, 6) is 0.424. The van der Waals surface area contributed by atoms with E-state index in [1.807, 2.05) is 7.05 Å². The van der Waals surface area contributed by atoms with Gasteiger partial charge in [-0.1, -0.05) is 13.8 Å². The lowest BCUT2D eigenvalue weighted by atomic mass is 10.00. The van der Waals surface area contributed by atoms with Crippen LogP contribution in [0, 0.1) is 5.92 Å². The first-order chi connectivity index (χ1) is 10.0. The number of piperidine rings is 1. The van der Waals surface area contributed by atoms with E-state index < -0.39 is 10.2 Å². The van der Waals surface area contributed by atoms with Gasteiger partial charge < -0.3 is 10.2 Å². The maximum absolute atomic E-state index is 12.3. The Hall–Kier alpha value is -0.210. The maximum atomic E-state index is 12.3. The minimum Gasteiger partial charge on any atom is -0.319 e. The molecule has 0 radical (unpaired) electrons. The van der Waals surface area contributed by atoms with Crippen molar-refractivity contribution in [3.05, 3.63) is 0 Å². The first kappa shape index (κ1) is 18.8. The largest absolute Gasteiger partial charge is 0.319 e. The Labute approximate surface area is 130 Å². The average molecular weight is 321 g/mol. The number of hydrogen-bond donors (Lipinski definition) is 2. The van der Waals surface area contributed by atoms with Crippen molar-refractivity contribution in [3.8, 4) is 0 Å². The Bertz CT molecular complexity index is 373. The molecule has 1 fully saturated rings. The highest BCUT2D eigenvalue weighted by molar-refractivity contribution is 7.87. The Morgan fingerprint density at radius 1 is 1.29 bits per heavy atom. The van der Waals surface area contributed by atoms with Crippen molar-refractivity contribution >= 4 is 10.2 Å². The zero-order valence-corrected chi connectivity index (χ0v) is 14.6. The summed E-state index contributed by atoms with van der Waals surface area (Å²) < 4.78 is 29.0. The van der Waals surface area contributed by atoms with Gasteiger partial charge in [-0.3, -0.25) is 0 Å². The second-order valence-corrected chi connectivity index (χ2v) is 7.51. The van der Waals surface area contributed by atoms with Gasteiger partial charge >= 0.3 is 0 Å². The molecular weight excluding hydrogens is 288 g/mol. The van der Waals surface area contributed by atoms with Crippen molar-refractivity contribution in [1.29, 1.82) is 0 Å². The van der Waals surface area contributed by atoms with Crippen LogP contribution in [0.1, 0.15) is 33.1 Å². The fourth-order valence-electron chi connectivity index (χ4n) is 2.87. The Morgan fingerprint density at radius 2 is 2.05 bits per heavy atom. The third kappa shape index (κ3) is 6.61. The highest BCUT2D eigenvalue weighted by atomic mass is 32.2. The maximum Gasteiger partial charge on any atom is 0.279 e. The van der Waals surface area contributed by atoms with Crippen LogP contribution in [0.25, 0.3) is 0 Å². The zero-order valence-electron chi connectivity index (χ0n) is 13.8. The molecule has 2 N–H and O–H groups in total. The van der Waals surface area contributed by atoms with Crippen LogP contribution in [0.3, 0.4) is 0 Å². The van der Waals surface area contributed by atoms with Crippen LogP contribution in [-0.4, -0.2) is 70.5 Å². The summed E-state index contributed by atoms with van der Waals surface area (Å²) >= 11 is 0. The molecule has 126 valence electrons. The summed E-state index contributed by atoms with van der Waals surface area (Å²) in [4.78, 5) is 2.27. The van der Waals surface area contributed by atoms with Crippen molar-refractivity contribution in [1.82, 2.24) is 19.2 Å². The van der Waals surface area contributed by atoms with Crippen LogP contribution in [0.4, 0.5) is 0 Å². The van der Waals surface area contributed by atoms with Crippen molar-refractivity contribution in [3.63, 3.8) is 0 Å². The molecule has 0 aliphatic carbocycles. The Balaban J connectivity index is 2.41. The standard InChI is InChI=1S/C14H32N4O2S/c1-4-9-17(5-2)11-8-16-21(19,20)18-10-6-7-14(13-18)12-15-3/h14-16H,4-13H2,1-3H3. The fourth-order valence-corrected chi connectivity index (χ4v) is 4.18.